The second kappa shape index (κ2) is 7.12. The molecule has 1 unspecified atom stereocenters. The first-order valence-electron chi connectivity index (χ1n) is 7.33. The molecule has 0 bridgehead atoms. The first-order chi connectivity index (χ1) is 10.8. The molecule has 1 aromatic carbocycles. The van der Waals surface area contributed by atoms with Crippen molar-refractivity contribution in [3.63, 3.8) is 0 Å². The quantitative estimate of drug-likeness (QED) is 0.844. The van der Waals surface area contributed by atoms with Crippen LogP contribution < -0.4 is 4.90 Å². The van der Waals surface area contributed by atoms with E-state index in [9.17, 15) is 14.4 Å². The van der Waals surface area contributed by atoms with Crippen LogP contribution in [0.5, 0.6) is 0 Å². The van der Waals surface area contributed by atoms with E-state index in [2.05, 4.69) is 15.9 Å². The SMILES string of the molecule is Cc1cc(N2CC(C(=O)N(C)CCC(=O)O)CC2=O)ccc1Br. The maximum Gasteiger partial charge on any atom is 0.305 e. The van der Waals surface area contributed by atoms with Crippen molar-refractivity contribution in [1.29, 1.82) is 0 Å². The molecule has 1 fully saturated rings. The van der Waals surface area contributed by atoms with E-state index in [-0.39, 0.29) is 31.2 Å². The van der Waals surface area contributed by atoms with E-state index in [0.29, 0.717) is 6.54 Å². The topological polar surface area (TPSA) is 77.9 Å². The van der Waals surface area contributed by atoms with Crippen molar-refractivity contribution < 1.29 is 19.5 Å². The molecule has 1 atom stereocenters. The van der Waals surface area contributed by atoms with Crippen molar-refractivity contribution >= 4 is 39.4 Å². The number of carboxylic acids is 1. The lowest BCUT2D eigenvalue weighted by Gasteiger charge is -2.21. The van der Waals surface area contributed by atoms with Crippen LogP contribution in [0.25, 0.3) is 0 Å². The maximum absolute atomic E-state index is 12.3. The Labute approximate surface area is 143 Å². The minimum Gasteiger partial charge on any atom is -0.481 e. The van der Waals surface area contributed by atoms with Gasteiger partial charge in [0.25, 0.3) is 0 Å². The Morgan fingerprint density at radius 2 is 2.13 bits per heavy atom. The molecule has 1 saturated heterocycles. The smallest absolute Gasteiger partial charge is 0.305 e. The molecule has 7 heteroatoms. The molecule has 2 amide bonds. The number of nitrogens with zero attached hydrogens (tertiary/aromatic N) is 2. The van der Waals surface area contributed by atoms with Gasteiger partial charge in [0.15, 0.2) is 0 Å². The highest BCUT2D eigenvalue weighted by Crippen LogP contribution is 2.29. The number of carbonyl (C=O) groups is 3. The van der Waals surface area contributed by atoms with Crippen LogP contribution in [0.15, 0.2) is 22.7 Å². The van der Waals surface area contributed by atoms with Crippen LogP contribution in [0.4, 0.5) is 5.69 Å². The van der Waals surface area contributed by atoms with Gasteiger partial charge >= 0.3 is 5.97 Å². The molecule has 0 spiro atoms. The Balaban J connectivity index is 2.05. The summed E-state index contributed by atoms with van der Waals surface area (Å²) >= 11 is 3.42. The second-order valence-corrected chi connectivity index (χ2v) is 6.60. The number of aliphatic carboxylic acids is 1. The summed E-state index contributed by atoms with van der Waals surface area (Å²) in [5, 5.41) is 8.69. The third kappa shape index (κ3) is 4.10. The summed E-state index contributed by atoms with van der Waals surface area (Å²) in [5.41, 5.74) is 1.79. The lowest BCUT2D eigenvalue weighted by atomic mass is 10.1. The highest BCUT2D eigenvalue weighted by atomic mass is 79.9. The largest absolute Gasteiger partial charge is 0.481 e. The van der Waals surface area contributed by atoms with E-state index in [1.54, 1.807) is 11.9 Å². The van der Waals surface area contributed by atoms with Gasteiger partial charge in [0.2, 0.25) is 11.8 Å². The molecule has 23 heavy (non-hydrogen) atoms. The Bertz CT molecular complexity index is 647. The van der Waals surface area contributed by atoms with Crippen molar-refractivity contribution in [3.05, 3.63) is 28.2 Å². The van der Waals surface area contributed by atoms with Crippen LogP contribution in [0.1, 0.15) is 18.4 Å². The molecule has 0 saturated carbocycles. The van der Waals surface area contributed by atoms with Gasteiger partial charge in [-0.2, -0.15) is 0 Å². The zero-order chi connectivity index (χ0) is 17.1. The van der Waals surface area contributed by atoms with Gasteiger partial charge in [-0.15, -0.1) is 0 Å². The summed E-state index contributed by atoms with van der Waals surface area (Å²) < 4.78 is 0.967. The summed E-state index contributed by atoms with van der Waals surface area (Å²) in [6, 6.07) is 5.63. The fourth-order valence-corrected chi connectivity index (χ4v) is 2.85. The normalized spacial score (nSPS) is 17.4. The van der Waals surface area contributed by atoms with Crippen LogP contribution in [0, 0.1) is 12.8 Å². The van der Waals surface area contributed by atoms with Crippen LogP contribution >= 0.6 is 15.9 Å². The minimum atomic E-state index is -0.945. The first kappa shape index (κ1) is 17.5. The number of hydrogen-bond donors (Lipinski definition) is 1. The fraction of sp³-hybridized carbons (Fsp3) is 0.438. The van der Waals surface area contributed by atoms with Gasteiger partial charge in [-0.3, -0.25) is 14.4 Å². The van der Waals surface area contributed by atoms with E-state index in [4.69, 9.17) is 5.11 Å². The number of hydrogen-bond acceptors (Lipinski definition) is 3. The maximum atomic E-state index is 12.3. The number of halogens is 1. The molecule has 0 aromatic heterocycles. The van der Waals surface area contributed by atoms with Gasteiger partial charge in [0.05, 0.1) is 12.3 Å². The Hall–Kier alpha value is -1.89. The van der Waals surface area contributed by atoms with Gasteiger partial charge in [-0.25, -0.2) is 0 Å². The van der Waals surface area contributed by atoms with Crippen molar-refractivity contribution in [3.8, 4) is 0 Å². The molecular formula is C16H19BrN2O4. The summed E-state index contributed by atoms with van der Waals surface area (Å²) in [6.07, 6.45) is 0.0594. The molecule has 1 aromatic rings. The fourth-order valence-electron chi connectivity index (χ4n) is 2.60. The highest BCUT2D eigenvalue weighted by molar-refractivity contribution is 9.10. The van der Waals surface area contributed by atoms with Crippen LogP contribution in [0.3, 0.4) is 0 Å². The third-order valence-corrected chi connectivity index (χ3v) is 4.85. The van der Waals surface area contributed by atoms with E-state index in [1.807, 2.05) is 25.1 Å². The molecule has 6 nitrogen and oxygen atoms in total. The van der Waals surface area contributed by atoms with E-state index >= 15 is 0 Å². The average molecular weight is 383 g/mol. The Kier molecular flexibility index (Phi) is 5.41. The number of anilines is 1. The van der Waals surface area contributed by atoms with Crippen molar-refractivity contribution in [1.82, 2.24) is 4.90 Å². The highest BCUT2D eigenvalue weighted by Gasteiger charge is 2.36. The predicted octanol–water partition coefficient (Wildman–Crippen LogP) is 2.04. The Morgan fingerprint density at radius 3 is 2.74 bits per heavy atom. The summed E-state index contributed by atoms with van der Waals surface area (Å²) in [4.78, 5) is 38.2. The number of carboxylic acid groups (broad SMARTS) is 1. The summed E-state index contributed by atoms with van der Waals surface area (Å²) in [7, 11) is 1.57. The number of amides is 2. The van der Waals surface area contributed by atoms with Crippen LogP contribution in [0.2, 0.25) is 0 Å². The molecule has 1 heterocycles. The molecule has 1 N–H and O–H groups in total. The van der Waals surface area contributed by atoms with E-state index in [1.165, 1.54) is 4.90 Å². The number of carbonyl (C=O) groups excluding carboxylic acids is 2. The predicted molar refractivity (Wildman–Crippen MR) is 89.2 cm³/mol. The standard InChI is InChI=1S/C16H19BrN2O4/c1-10-7-12(3-4-13(10)17)19-9-11(8-14(19)20)16(23)18(2)6-5-15(21)22/h3-4,7,11H,5-6,8-9H2,1-2H3,(H,21,22). The van der Waals surface area contributed by atoms with Crippen molar-refractivity contribution in [2.24, 2.45) is 5.92 Å². The molecule has 124 valence electrons. The van der Waals surface area contributed by atoms with Gasteiger partial charge in [0, 0.05) is 36.7 Å². The summed E-state index contributed by atoms with van der Waals surface area (Å²) in [6.45, 7) is 2.42. The zero-order valence-corrected chi connectivity index (χ0v) is 14.7. The number of benzene rings is 1. The van der Waals surface area contributed by atoms with Crippen LogP contribution in [-0.4, -0.2) is 47.9 Å². The monoisotopic (exact) mass is 382 g/mol. The van der Waals surface area contributed by atoms with Crippen molar-refractivity contribution in [2.45, 2.75) is 19.8 Å². The minimum absolute atomic E-state index is 0.0864. The molecule has 0 aliphatic carbocycles. The van der Waals surface area contributed by atoms with E-state index in [0.717, 1.165) is 15.7 Å². The number of aryl methyl sites for hydroxylation is 1. The van der Waals surface area contributed by atoms with Gasteiger partial charge < -0.3 is 14.9 Å². The second-order valence-electron chi connectivity index (χ2n) is 5.74. The lowest BCUT2D eigenvalue weighted by Crippen LogP contribution is -2.36. The van der Waals surface area contributed by atoms with Gasteiger partial charge in [0.1, 0.15) is 0 Å². The molecule has 1 aliphatic heterocycles. The van der Waals surface area contributed by atoms with Gasteiger partial charge in [-0.05, 0) is 30.7 Å². The first-order valence-corrected chi connectivity index (χ1v) is 8.12. The summed E-state index contributed by atoms with van der Waals surface area (Å²) in [5.74, 6) is -1.64. The van der Waals surface area contributed by atoms with Crippen molar-refractivity contribution in [2.75, 3.05) is 25.0 Å². The molecular weight excluding hydrogens is 364 g/mol. The van der Waals surface area contributed by atoms with Crippen LogP contribution in [-0.2, 0) is 14.4 Å². The molecule has 1 aliphatic rings. The molecule has 2 rings (SSSR count). The zero-order valence-electron chi connectivity index (χ0n) is 13.1. The Morgan fingerprint density at radius 1 is 1.43 bits per heavy atom. The lowest BCUT2D eigenvalue weighted by molar-refractivity contribution is -0.139. The van der Waals surface area contributed by atoms with Gasteiger partial charge in [-0.1, -0.05) is 15.9 Å². The number of rotatable bonds is 5. The third-order valence-electron chi connectivity index (χ3n) is 3.96. The molecule has 0 radical (unpaired) electrons. The average Bonchev–Trinajstić information content (AvgIpc) is 2.88. The van der Waals surface area contributed by atoms with E-state index < -0.39 is 11.9 Å².